The van der Waals surface area contributed by atoms with Crippen molar-refractivity contribution in [1.82, 2.24) is 25.0 Å². The number of benzene rings is 1. The molecule has 3 atom stereocenters. The van der Waals surface area contributed by atoms with E-state index in [1.165, 1.54) is 30.6 Å². The van der Waals surface area contributed by atoms with Gasteiger partial charge < -0.3 is 24.8 Å². The number of ether oxygens (including phenoxy) is 1. The van der Waals surface area contributed by atoms with Crippen LogP contribution < -0.4 is 5.32 Å². The van der Waals surface area contributed by atoms with Crippen molar-refractivity contribution in [1.29, 1.82) is 0 Å². The maximum absolute atomic E-state index is 13.5. The summed E-state index contributed by atoms with van der Waals surface area (Å²) in [5.41, 5.74) is 2.10. The Hall–Kier alpha value is -2.91. The van der Waals surface area contributed by atoms with Crippen molar-refractivity contribution in [2.45, 2.75) is 63.5 Å². The Morgan fingerprint density at radius 3 is 2.84 bits per heavy atom. The highest BCUT2D eigenvalue weighted by Gasteiger charge is 2.40. The van der Waals surface area contributed by atoms with E-state index >= 15 is 0 Å². The third-order valence-corrected chi connectivity index (χ3v) is 8.58. The van der Waals surface area contributed by atoms with Crippen molar-refractivity contribution in [2.24, 2.45) is 5.92 Å². The molecule has 206 valence electrons. The van der Waals surface area contributed by atoms with E-state index in [1.54, 1.807) is 7.11 Å². The number of rotatable bonds is 11. The van der Waals surface area contributed by atoms with Crippen LogP contribution in [0.4, 0.5) is 4.79 Å². The molecule has 1 aromatic carbocycles. The van der Waals surface area contributed by atoms with E-state index in [9.17, 15) is 14.4 Å². The molecule has 9 nitrogen and oxygen atoms in total. The van der Waals surface area contributed by atoms with Crippen molar-refractivity contribution < 1.29 is 19.1 Å². The van der Waals surface area contributed by atoms with Gasteiger partial charge in [0.05, 0.1) is 6.42 Å². The highest BCUT2D eigenvalue weighted by molar-refractivity contribution is 6.05. The average molecular weight is 524 g/mol. The van der Waals surface area contributed by atoms with Crippen LogP contribution in [0.3, 0.4) is 0 Å². The number of carbonyl (C=O) groups excluding carboxylic acids is 3. The van der Waals surface area contributed by atoms with Gasteiger partial charge in [0.2, 0.25) is 5.91 Å². The van der Waals surface area contributed by atoms with Crippen molar-refractivity contribution in [2.75, 3.05) is 46.4 Å². The lowest BCUT2D eigenvalue weighted by molar-refractivity contribution is -0.136. The van der Waals surface area contributed by atoms with Crippen LogP contribution in [0.1, 0.15) is 50.5 Å². The van der Waals surface area contributed by atoms with Gasteiger partial charge in [-0.1, -0.05) is 24.6 Å². The van der Waals surface area contributed by atoms with Crippen LogP contribution in [0.5, 0.6) is 0 Å². The first-order chi connectivity index (χ1) is 18.5. The summed E-state index contributed by atoms with van der Waals surface area (Å²) in [5, 5.41) is 3.87. The molecule has 38 heavy (non-hydrogen) atoms. The molecule has 3 fully saturated rings. The molecular weight excluding hydrogens is 482 g/mol. The molecule has 9 heteroatoms. The smallest absolute Gasteiger partial charge is 0.324 e. The van der Waals surface area contributed by atoms with E-state index in [0.717, 1.165) is 42.4 Å². The molecule has 3 saturated heterocycles. The quantitative estimate of drug-likeness (QED) is 0.348. The molecule has 0 spiro atoms. The second-order valence-electron chi connectivity index (χ2n) is 11.0. The Balaban J connectivity index is 1.20. The van der Waals surface area contributed by atoms with Gasteiger partial charge in [0, 0.05) is 56.5 Å². The monoisotopic (exact) mass is 523 g/mol. The van der Waals surface area contributed by atoms with E-state index in [1.807, 2.05) is 35.4 Å². The largest absolute Gasteiger partial charge is 0.385 e. The number of aromatic nitrogens is 1. The normalized spacial score (nSPS) is 24.0. The number of aromatic amines is 1. The minimum atomic E-state index is -0.805. The number of amides is 4. The summed E-state index contributed by atoms with van der Waals surface area (Å²) in [6.45, 7) is 4.52. The zero-order chi connectivity index (χ0) is 26.5. The van der Waals surface area contributed by atoms with Crippen LogP contribution in [0.15, 0.2) is 30.5 Å². The molecule has 0 radical (unpaired) electrons. The molecule has 3 aliphatic rings. The molecule has 0 bridgehead atoms. The summed E-state index contributed by atoms with van der Waals surface area (Å²) >= 11 is 0. The summed E-state index contributed by atoms with van der Waals surface area (Å²) in [4.78, 5) is 48.4. The summed E-state index contributed by atoms with van der Waals surface area (Å²) in [7, 11) is 1.67. The van der Waals surface area contributed by atoms with E-state index in [-0.39, 0.29) is 24.8 Å². The molecule has 1 aromatic heterocycles. The molecule has 0 aliphatic carbocycles. The van der Waals surface area contributed by atoms with Gasteiger partial charge in [-0.2, -0.15) is 0 Å². The Bertz CT molecular complexity index is 1130. The minimum absolute atomic E-state index is 0.00222. The summed E-state index contributed by atoms with van der Waals surface area (Å²) in [6.07, 6.45) is 9.28. The number of para-hydroxylation sites is 1. The summed E-state index contributed by atoms with van der Waals surface area (Å²) in [5.74, 6) is 0.0828. The van der Waals surface area contributed by atoms with Gasteiger partial charge in [0.25, 0.3) is 5.91 Å². The molecule has 4 heterocycles. The molecule has 3 unspecified atom stereocenters. The maximum atomic E-state index is 13.5. The van der Waals surface area contributed by atoms with Gasteiger partial charge in [-0.25, -0.2) is 4.79 Å². The van der Waals surface area contributed by atoms with Crippen molar-refractivity contribution >= 4 is 28.7 Å². The van der Waals surface area contributed by atoms with Crippen LogP contribution in [0.2, 0.25) is 0 Å². The number of hydrogen-bond donors (Lipinski definition) is 2. The number of fused-ring (bicyclic) bond motifs is 2. The number of hydrogen-bond acceptors (Lipinski definition) is 5. The molecule has 2 aromatic rings. The van der Waals surface area contributed by atoms with Crippen LogP contribution in [-0.4, -0.2) is 96.1 Å². The standard InChI is InChI=1S/C29H41N5O4/c1-38-17-7-15-33(20-22-8-6-14-32-13-5-4-11-26(22)32)27(35)18-25-28(36)34(29(37)31-25)16-12-21-19-30-24-10-3-2-9-23(21)24/h2-3,9-10,19,22,25-26,30H,4-8,11-18,20H2,1H3,(H,31,37). The highest BCUT2D eigenvalue weighted by Crippen LogP contribution is 2.31. The zero-order valence-corrected chi connectivity index (χ0v) is 22.5. The third kappa shape index (κ3) is 5.89. The van der Waals surface area contributed by atoms with Gasteiger partial charge >= 0.3 is 6.03 Å². The van der Waals surface area contributed by atoms with Gasteiger partial charge in [0.1, 0.15) is 6.04 Å². The number of H-pyrrole nitrogens is 1. The van der Waals surface area contributed by atoms with E-state index in [2.05, 4.69) is 15.2 Å². The fraction of sp³-hybridized carbons (Fsp3) is 0.621. The van der Waals surface area contributed by atoms with Gasteiger partial charge in [0.15, 0.2) is 0 Å². The van der Waals surface area contributed by atoms with Crippen molar-refractivity contribution in [3.8, 4) is 0 Å². The van der Waals surface area contributed by atoms with Gasteiger partial charge in [-0.05, 0) is 69.2 Å². The second-order valence-corrected chi connectivity index (χ2v) is 11.0. The van der Waals surface area contributed by atoms with Crippen LogP contribution in [-0.2, 0) is 20.7 Å². The molecule has 5 rings (SSSR count). The lowest BCUT2D eigenvalue weighted by Gasteiger charge is -2.45. The predicted octanol–water partition coefficient (Wildman–Crippen LogP) is 3.15. The topological polar surface area (TPSA) is 98.0 Å². The lowest BCUT2D eigenvalue weighted by Crippen LogP contribution is -2.52. The Labute approximate surface area is 224 Å². The van der Waals surface area contributed by atoms with E-state index in [0.29, 0.717) is 38.1 Å². The first-order valence-corrected chi connectivity index (χ1v) is 14.2. The number of nitrogens with zero attached hydrogens (tertiary/aromatic N) is 3. The van der Waals surface area contributed by atoms with Gasteiger partial charge in [-0.3, -0.25) is 14.5 Å². The Kier molecular flexibility index (Phi) is 8.64. The van der Waals surface area contributed by atoms with E-state index < -0.39 is 12.1 Å². The van der Waals surface area contributed by atoms with Crippen LogP contribution in [0.25, 0.3) is 10.9 Å². The fourth-order valence-corrected chi connectivity index (χ4v) is 6.59. The number of imide groups is 1. The average Bonchev–Trinajstić information content (AvgIpc) is 3.46. The lowest BCUT2D eigenvalue weighted by atomic mass is 9.83. The Morgan fingerprint density at radius 2 is 1.97 bits per heavy atom. The predicted molar refractivity (Wildman–Crippen MR) is 146 cm³/mol. The van der Waals surface area contributed by atoms with E-state index in [4.69, 9.17) is 4.74 Å². The molecule has 0 saturated carbocycles. The SMILES string of the molecule is COCCCN(CC1CCCN2CCCCC12)C(=O)CC1NC(=O)N(CCc2c[nH]c3ccccc23)C1=O. The number of urea groups is 1. The molecule has 2 N–H and O–H groups in total. The Morgan fingerprint density at radius 1 is 1.13 bits per heavy atom. The zero-order valence-electron chi connectivity index (χ0n) is 22.5. The van der Waals surface area contributed by atoms with Crippen molar-refractivity contribution in [3.63, 3.8) is 0 Å². The summed E-state index contributed by atoms with van der Waals surface area (Å²) < 4.78 is 5.24. The highest BCUT2D eigenvalue weighted by atomic mass is 16.5. The minimum Gasteiger partial charge on any atom is -0.385 e. The van der Waals surface area contributed by atoms with Crippen molar-refractivity contribution in [3.05, 3.63) is 36.0 Å². The number of piperidine rings is 2. The van der Waals surface area contributed by atoms with Crippen LogP contribution >= 0.6 is 0 Å². The molecule has 3 aliphatic heterocycles. The first kappa shape index (κ1) is 26.7. The van der Waals surface area contributed by atoms with Gasteiger partial charge in [-0.15, -0.1) is 0 Å². The third-order valence-electron chi connectivity index (χ3n) is 8.58. The number of nitrogens with one attached hydrogen (secondary N) is 2. The molecule has 4 amide bonds. The molecular formula is C29H41N5O4. The number of carbonyl (C=O) groups is 3. The fourth-order valence-electron chi connectivity index (χ4n) is 6.59. The number of methoxy groups -OCH3 is 1. The van der Waals surface area contributed by atoms with Crippen LogP contribution in [0, 0.1) is 5.92 Å². The summed E-state index contributed by atoms with van der Waals surface area (Å²) in [6, 6.07) is 7.32. The second kappa shape index (κ2) is 12.3. The maximum Gasteiger partial charge on any atom is 0.324 e. The first-order valence-electron chi connectivity index (χ1n) is 14.2.